The molecule has 2 aromatic rings. The van der Waals surface area contributed by atoms with Gasteiger partial charge in [0.1, 0.15) is 5.69 Å². The van der Waals surface area contributed by atoms with E-state index in [0.29, 0.717) is 30.3 Å². The summed E-state index contributed by atoms with van der Waals surface area (Å²) in [5.74, 6) is -0.0646. The first-order valence-corrected chi connectivity index (χ1v) is 9.68. The summed E-state index contributed by atoms with van der Waals surface area (Å²) >= 11 is 0. The summed E-state index contributed by atoms with van der Waals surface area (Å²) in [7, 11) is 1.32. The normalized spacial score (nSPS) is 16.7. The first kappa shape index (κ1) is 19.9. The van der Waals surface area contributed by atoms with E-state index >= 15 is 0 Å². The number of hydrogen-bond acceptors (Lipinski definition) is 5. The van der Waals surface area contributed by atoms with Gasteiger partial charge >= 0.3 is 5.97 Å². The topological polar surface area (TPSA) is 71.5 Å². The van der Waals surface area contributed by atoms with E-state index in [9.17, 15) is 9.59 Å². The predicted octanol–water partition coefficient (Wildman–Crippen LogP) is 3.71. The molecule has 0 aliphatic carbocycles. The smallest absolute Gasteiger partial charge is 0.339 e. The zero-order valence-electron chi connectivity index (χ0n) is 16.6. The maximum absolute atomic E-state index is 12.8. The molecule has 1 fully saturated rings. The number of methoxy groups -OCH3 is 1. The number of benzene rings is 1. The molecule has 6 nitrogen and oxygen atoms in total. The number of carbonyl (C=O) groups excluding carboxylic acids is 2. The Kier molecular flexibility index (Phi) is 6.29. The van der Waals surface area contributed by atoms with E-state index in [1.165, 1.54) is 18.9 Å². The molecular weight excluding hydrogens is 354 g/mol. The van der Waals surface area contributed by atoms with Crippen LogP contribution < -0.4 is 5.32 Å². The summed E-state index contributed by atoms with van der Waals surface area (Å²) in [5.41, 5.74) is 3.06. The minimum absolute atomic E-state index is 0.113. The number of likely N-dealkylation sites (tertiary alicyclic amines) is 1. The lowest BCUT2D eigenvalue weighted by Crippen LogP contribution is -2.45. The van der Waals surface area contributed by atoms with Crippen molar-refractivity contribution in [3.8, 4) is 0 Å². The van der Waals surface area contributed by atoms with Gasteiger partial charge in [0.25, 0.3) is 5.91 Å². The van der Waals surface area contributed by atoms with Gasteiger partial charge in [-0.3, -0.25) is 9.78 Å². The highest BCUT2D eigenvalue weighted by Gasteiger charge is 2.25. The fraction of sp³-hybridized carbons (Fsp3) is 0.409. The van der Waals surface area contributed by atoms with Crippen molar-refractivity contribution in [2.75, 3.05) is 25.5 Å². The lowest BCUT2D eigenvalue weighted by Gasteiger charge is -2.33. The molecule has 6 heteroatoms. The molecule has 0 radical (unpaired) electrons. The Labute approximate surface area is 165 Å². The second kappa shape index (κ2) is 8.87. The highest BCUT2D eigenvalue weighted by atomic mass is 16.5. The van der Waals surface area contributed by atoms with Gasteiger partial charge in [-0.15, -0.1) is 0 Å². The molecule has 28 heavy (non-hydrogen) atoms. The van der Waals surface area contributed by atoms with E-state index in [1.807, 2.05) is 4.90 Å². The molecule has 3 rings (SSSR count). The third-order valence-electron chi connectivity index (χ3n) is 5.06. The lowest BCUT2D eigenvalue weighted by atomic mass is 10.0. The Morgan fingerprint density at radius 2 is 1.93 bits per heavy atom. The average Bonchev–Trinajstić information content (AvgIpc) is 2.73. The molecule has 1 aromatic carbocycles. The van der Waals surface area contributed by atoms with Crippen LogP contribution in [0.25, 0.3) is 0 Å². The van der Waals surface area contributed by atoms with Gasteiger partial charge < -0.3 is 15.0 Å². The molecule has 1 amide bonds. The first-order chi connectivity index (χ1) is 13.5. The number of pyridine rings is 1. The Hall–Kier alpha value is -2.89. The van der Waals surface area contributed by atoms with Crippen LogP contribution in [0.4, 0.5) is 5.69 Å². The van der Waals surface area contributed by atoms with Crippen LogP contribution in [0, 0.1) is 0 Å². The van der Waals surface area contributed by atoms with Crippen LogP contribution in [0.15, 0.2) is 42.6 Å². The second-order valence-electron chi connectivity index (χ2n) is 7.44. The zero-order valence-corrected chi connectivity index (χ0v) is 16.6. The number of ether oxygens (including phenoxy) is 1. The molecule has 1 aliphatic heterocycles. The Morgan fingerprint density at radius 1 is 1.18 bits per heavy atom. The van der Waals surface area contributed by atoms with Crippen molar-refractivity contribution in [1.82, 2.24) is 9.88 Å². The predicted molar refractivity (Wildman–Crippen MR) is 109 cm³/mol. The number of hydrogen-bond donors (Lipinski definition) is 1. The van der Waals surface area contributed by atoms with Crippen molar-refractivity contribution in [3.63, 3.8) is 0 Å². The number of piperidine rings is 1. The minimum atomic E-state index is -0.461. The van der Waals surface area contributed by atoms with E-state index in [2.05, 4.69) is 53.2 Å². The monoisotopic (exact) mass is 381 g/mol. The highest BCUT2D eigenvalue weighted by molar-refractivity contribution is 5.94. The van der Waals surface area contributed by atoms with E-state index < -0.39 is 5.97 Å². The van der Waals surface area contributed by atoms with E-state index in [-0.39, 0.29) is 11.9 Å². The highest BCUT2D eigenvalue weighted by Crippen LogP contribution is 2.21. The fourth-order valence-corrected chi connectivity index (χ4v) is 3.40. The van der Waals surface area contributed by atoms with E-state index in [0.717, 1.165) is 18.5 Å². The molecule has 1 aliphatic rings. The first-order valence-electron chi connectivity index (χ1n) is 9.68. The summed E-state index contributed by atoms with van der Waals surface area (Å²) < 4.78 is 4.66. The molecule has 0 saturated carbocycles. The van der Waals surface area contributed by atoms with Crippen molar-refractivity contribution >= 4 is 17.6 Å². The molecule has 0 spiro atoms. The van der Waals surface area contributed by atoms with Crippen molar-refractivity contribution in [2.24, 2.45) is 0 Å². The Balaban J connectivity index is 1.62. The van der Waals surface area contributed by atoms with Crippen LogP contribution in [-0.4, -0.2) is 48.0 Å². The van der Waals surface area contributed by atoms with Crippen molar-refractivity contribution in [2.45, 2.75) is 38.6 Å². The quantitative estimate of drug-likeness (QED) is 0.800. The molecule has 1 N–H and O–H groups in total. The van der Waals surface area contributed by atoms with Gasteiger partial charge in [-0.2, -0.15) is 0 Å². The number of amides is 1. The van der Waals surface area contributed by atoms with E-state index in [1.54, 1.807) is 12.1 Å². The summed E-state index contributed by atoms with van der Waals surface area (Å²) in [5, 5.41) is 3.54. The van der Waals surface area contributed by atoms with Crippen molar-refractivity contribution in [1.29, 1.82) is 0 Å². The SMILES string of the molecule is COC(=O)c1ccc(C(=O)N2CCC[C@H](Nc3ccc(C(C)C)cc3)C2)nc1. The minimum Gasteiger partial charge on any atom is -0.465 e. The summed E-state index contributed by atoms with van der Waals surface area (Å²) in [4.78, 5) is 30.3. The number of aromatic nitrogens is 1. The molecule has 2 heterocycles. The van der Waals surface area contributed by atoms with Gasteiger partial charge in [0.2, 0.25) is 0 Å². The van der Waals surface area contributed by atoms with Crippen molar-refractivity contribution < 1.29 is 14.3 Å². The number of anilines is 1. The number of rotatable bonds is 5. The number of carbonyl (C=O) groups is 2. The lowest BCUT2D eigenvalue weighted by molar-refractivity contribution is 0.0598. The summed E-state index contributed by atoms with van der Waals surface area (Å²) in [6.45, 7) is 5.70. The third-order valence-corrected chi connectivity index (χ3v) is 5.06. The van der Waals surface area contributed by atoms with Gasteiger partial charge in [-0.05, 0) is 48.6 Å². The summed E-state index contributed by atoms with van der Waals surface area (Å²) in [6.07, 6.45) is 3.34. The van der Waals surface area contributed by atoms with Crippen molar-refractivity contribution in [3.05, 3.63) is 59.4 Å². The average molecular weight is 381 g/mol. The summed E-state index contributed by atoms with van der Waals surface area (Å²) in [6, 6.07) is 11.8. The molecule has 1 aromatic heterocycles. The van der Waals surface area contributed by atoms with Crippen LogP contribution in [0.3, 0.4) is 0 Å². The van der Waals surface area contributed by atoms with Gasteiger partial charge in [0, 0.05) is 31.0 Å². The Bertz CT molecular complexity index is 816. The van der Waals surface area contributed by atoms with Crippen LogP contribution in [0.2, 0.25) is 0 Å². The molecule has 148 valence electrons. The Morgan fingerprint density at radius 3 is 2.54 bits per heavy atom. The van der Waals surface area contributed by atoms with Gasteiger partial charge in [-0.25, -0.2) is 4.79 Å². The van der Waals surface area contributed by atoms with Crippen LogP contribution >= 0.6 is 0 Å². The van der Waals surface area contributed by atoms with Crippen LogP contribution in [0.1, 0.15) is 59.0 Å². The van der Waals surface area contributed by atoms with Crippen LogP contribution in [0.5, 0.6) is 0 Å². The third kappa shape index (κ3) is 4.68. The molecule has 1 saturated heterocycles. The maximum atomic E-state index is 12.8. The molecular formula is C22H27N3O3. The van der Waals surface area contributed by atoms with Crippen LogP contribution in [-0.2, 0) is 4.74 Å². The second-order valence-corrected chi connectivity index (χ2v) is 7.44. The zero-order chi connectivity index (χ0) is 20.1. The fourth-order valence-electron chi connectivity index (χ4n) is 3.40. The maximum Gasteiger partial charge on any atom is 0.339 e. The number of nitrogens with one attached hydrogen (secondary N) is 1. The standard InChI is InChI=1S/C22H27N3O3/c1-15(2)16-6-9-18(10-7-16)24-19-5-4-12-25(14-19)21(26)20-11-8-17(13-23-20)22(27)28-3/h6-11,13,15,19,24H,4-5,12,14H2,1-3H3/t19-/m0/s1. The van der Waals surface area contributed by atoms with Gasteiger partial charge in [0.05, 0.1) is 12.7 Å². The molecule has 0 unspecified atom stereocenters. The van der Waals surface area contributed by atoms with E-state index in [4.69, 9.17) is 0 Å². The molecule has 0 bridgehead atoms. The molecule has 1 atom stereocenters. The number of nitrogens with zero attached hydrogens (tertiary/aromatic N) is 2. The van der Waals surface area contributed by atoms with Gasteiger partial charge in [-0.1, -0.05) is 26.0 Å². The number of esters is 1. The van der Waals surface area contributed by atoms with Gasteiger partial charge in [0.15, 0.2) is 0 Å². The largest absolute Gasteiger partial charge is 0.465 e.